The molecule has 0 aliphatic carbocycles. The van der Waals surface area contributed by atoms with E-state index in [1.54, 1.807) is 12.1 Å². The van der Waals surface area contributed by atoms with E-state index < -0.39 is 7.12 Å². The van der Waals surface area contributed by atoms with Gasteiger partial charge in [0.1, 0.15) is 5.82 Å². The van der Waals surface area contributed by atoms with Crippen LogP contribution in [0, 0.1) is 6.92 Å². The van der Waals surface area contributed by atoms with Gasteiger partial charge in [-0.05, 0) is 30.1 Å². The highest BCUT2D eigenvalue weighted by Crippen LogP contribution is 2.22. The summed E-state index contributed by atoms with van der Waals surface area (Å²) in [6.07, 6.45) is 0. The van der Waals surface area contributed by atoms with Crippen molar-refractivity contribution in [3.63, 3.8) is 0 Å². The van der Waals surface area contributed by atoms with Crippen LogP contribution in [0.3, 0.4) is 0 Å². The van der Waals surface area contributed by atoms with Gasteiger partial charge >= 0.3 is 7.12 Å². The number of aryl methyl sites for hydroxylation is 1. The molecule has 0 saturated heterocycles. The quantitative estimate of drug-likeness (QED) is 0.600. The average Bonchev–Trinajstić information content (AvgIpc) is 2.82. The van der Waals surface area contributed by atoms with E-state index in [0.29, 0.717) is 5.46 Å². The molecule has 0 atom stereocenters. The van der Waals surface area contributed by atoms with E-state index in [-0.39, 0.29) is 0 Å². The molecular weight excluding hydrogens is 239 g/mol. The Morgan fingerprint density at radius 2 is 1.89 bits per heavy atom. The van der Waals surface area contributed by atoms with Crippen molar-refractivity contribution in [3.05, 3.63) is 48.0 Å². The summed E-state index contributed by atoms with van der Waals surface area (Å²) in [5.74, 6) is 0.737. The van der Waals surface area contributed by atoms with Crippen molar-refractivity contribution >= 4 is 23.6 Å². The van der Waals surface area contributed by atoms with E-state index in [0.717, 1.165) is 28.0 Å². The SMILES string of the molecule is Cc1ccc(B(O)O)cc1-c1nc2ccccc2[nH]1. The standard InChI is InChI=1S/C14H13BN2O2/c1-9-6-7-10(15(18)19)8-11(9)14-16-12-4-2-3-5-13(12)17-14/h2-8,18-19H,1H3,(H,16,17). The monoisotopic (exact) mass is 252 g/mol. The van der Waals surface area contributed by atoms with Crippen molar-refractivity contribution in [2.75, 3.05) is 0 Å². The zero-order valence-corrected chi connectivity index (χ0v) is 10.5. The Hall–Kier alpha value is -2.11. The smallest absolute Gasteiger partial charge is 0.423 e. The first-order valence-electron chi connectivity index (χ1n) is 6.07. The summed E-state index contributed by atoms with van der Waals surface area (Å²) in [6, 6.07) is 13.1. The number of benzene rings is 2. The summed E-state index contributed by atoms with van der Waals surface area (Å²) >= 11 is 0. The van der Waals surface area contributed by atoms with Crippen LogP contribution in [0.4, 0.5) is 0 Å². The number of rotatable bonds is 2. The lowest BCUT2D eigenvalue weighted by Gasteiger charge is -2.06. The summed E-state index contributed by atoms with van der Waals surface area (Å²) in [5.41, 5.74) is 4.23. The lowest BCUT2D eigenvalue weighted by atomic mass is 9.79. The van der Waals surface area contributed by atoms with Gasteiger partial charge in [0.25, 0.3) is 0 Å². The number of aromatic amines is 1. The van der Waals surface area contributed by atoms with Gasteiger partial charge in [-0.25, -0.2) is 4.98 Å². The van der Waals surface area contributed by atoms with Gasteiger partial charge in [-0.15, -0.1) is 0 Å². The molecule has 1 aromatic heterocycles. The summed E-state index contributed by atoms with van der Waals surface area (Å²) in [5, 5.41) is 18.5. The number of H-pyrrole nitrogens is 1. The molecule has 3 aromatic rings. The maximum absolute atomic E-state index is 9.25. The van der Waals surface area contributed by atoms with Crippen molar-refractivity contribution in [2.45, 2.75) is 6.92 Å². The van der Waals surface area contributed by atoms with Crippen LogP contribution < -0.4 is 5.46 Å². The summed E-state index contributed by atoms with van der Waals surface area (Å²) < 4.78 is 0. The van der Waals surface area contributed by atoms with Gasteiger partial charge in [-0.2, -0.15) is 0 Å². The molecule has 0 aliphatic rings. The fraction of sp³-hybridized carbons (Fsp3) is 0.0714. The molecule has 0 fully saturated rings. The largest absolute Gasteiger partial charge is 0.488 e. The third-order valence-corrected chi connectivity index (χ3v) is 3.20. The molecule has 19 heavy (non-hydrogen) atoms. The molecule has 0 spiro atoms. The maximum atomic E-state index is 9.25. The molecule has 0 saturated carbocycles. The molecule has 0 unspecified atom stereocenters. The molecule has 4 nitrogen and oxygen atoms in total. The predicted molar refractivity (Wildman–Crippen MR) is 76.1 cm³/mol. The van der Waals surface area contributed by atoms with Crippen LogP contribution in [0.15, 0.2) is 42.5 Å². The molecule has 2 aromatic carbocycles. The van der Waals surface area contributed by atoms with Crippen LogP contribution >= 0.6 is 0 Å². The van der Waals surface area contributed by atoms with Crippen LogP contribution in [-0.2, 0) is 0 Å². The Morgan fingerprint density at radius 3 is 2.63 bits per heavy atom. The minimum Gasteiger partial charge on any atom is -0.423 e. The summed E-state index contributed by atoms with van der Waals surface area (Å²) in [4.78, 5) is 7.77. The number of hydrogen-bond acceptors (Lipinski definition) is 3. The molecule has 3 N–H and O–H groups in total. The maximum Gasteiger partial charge on any atom is 0.488 e. The van der Waals surface area contributed by atoms with Gasteiger partial charge in [-0.3, -0.25) is 0 Å². The van der Waals surface area contributed by atoms with Gasteiger partial charge in [0, 0.05) is 5.56 Å². The number of aromatic nitrogens is 2. The van der Waals surface area contributed by atoms with Gasteiger partial charge in [0.15, 0.2) is 0 Å². The normalized spacial score (nSPS) is 10.9. The zero-order chi connectivity index (χ0) is 13.4. The lowest BCUT2D eigenvalue weighted by molar-refractivity contribution is 0.426. The topological polar surface area (TPSA) is 69.1 Å². The Kier molecular flexibility index (Phi) is 2.85. The first-order valence-corrected chi connectivity index (χ1v) is 6.07. The number of nitrogens with zero attached hydrogens (tertiary/aromatic N) is 1. The Bertz CT molecular complexity index is 704. The van der Waals surface area contributed by atoms with Crippen molar-refractivity contribution in [1.29, 1.82) is 0 Å². The van der Waals surface area contributed by atoms with E-state index in [4.69, 9.17) is 0 Å². The molecule has 0 radical (unpaired) electrons. The predicted octanol–water partition coefficient (Wildman–Crippen LogP) is 1.22. The van der Waals surface area contributed by atoms with E-state index >= 15 is 0 Å². The van der Waals surface area contributed by atoms with Crippen LogP contribution in [0.25, 0.3) is 22.4 Å². The minimum absolute atomic E-state index is 0.459. The highest BCUT2D eigenvalue weighted by atomic mass is 16.4. The first-order chi connectivity index (χ1) is 9.15. The Morgan fingerprint density at radius 1 is 1.11 bits per heavy atom. The molecular formula is C14H13BN2O2. The molecule has 94 valence electrons. The van der Waals surface area contributed by atoms with Crippen LogP contribution in [0.5, 0.6) is 0 Å². The van der Waals surface area contributed by atoms with Crippen molar-refractivity contribution in [2.24, 2.45) is 0 Å². The average molecular weight is 252 g/mol. The lowest BCUT2D eigenvalue weighted by Crippen LogP contribution is -2.29. The third-order valence-electron chi connectivity index (χ3n) is 3.20. The Labute approximate surface area is 110 Å². The number of hydrogen-bond donors (Lipinski definition) is 3. The molecule has 3 rings (SSSR count). The van der Waals surface area contributed by atoms with Crippen LogP contribution in [0.1, 0.15) is 5.56 Å². The number of fused-ring (bicyclic) bond motifs is 1. The molecule has 0 aliphatic heterocycles. The second-order valence-corrected chi connectivity index (χ2v) is 4.55. The molecule has 1 heterocycles. The van der Waals surface area contributed by atoms with Gasteiger partial charge < -0.3 is 15.0 Å². The first kappa shape index (κ1) is 12.0. The summed E-state index contributed by atoms with van der Waals surface area (Å²) in [7, 11) is -1.47. The summed E-state index contributed by atoms with van der Waals surface area (Å²) in [6.45, 7) is 1.97. The molecule has 0 bridgehead atoms. The second-order valence-electron chi connectivity index (χ2n) is 4.55. The fourth-order valence-corrected chi connectivity index (χ4v) is 2.14. The van der Waals surface area contributed by atoms with E-state index in [1.165, 1.54) is 0 Å². The van der Waals surface area contributed by atoms with Gasteiger partial charge in [-0.1, -0.05) is 30.3 Å². The molecule has 0 amide bonds. The van der Waals surface area contributed by atoms with Crippen molar-refractivity contribution in [3.8, 4) is 11.4 Å². The zero-order valence-electron chi connectivity index (χ0n) is 10.5. The number of nitrogens with one attached hydrogen (secondary N) is 1. The highest BCUT2D eigenvalue weighted by Gasteiger charge is 2.14. The van der Waals surface area contributed by atoms with E-state index in [9.17, 15) is 10.0 Å². The minimum atomic E-state index is -1.47. The Balaban J connectivity index is 2.17. The van der Waals surface area contributed by atoms with Crippen molar-refractivity contribution < 1.29 is 10.0 Å². The van der Waals surface area contributed by atoms with Gasteiger partial charge in [0.05, 0.1) is 11.0 Å². The van der Waals surface area contributed by atoms with E-state index in [2.05, 4.69) is 9.97 Å². The van der Waals surface area contributed by atoms with Crippen LogP contribution in [0.2, 0.25) is 0 Å². The second kappa shape index (κ2) is 4.53. The van der Waals surface area contributed by atoms with E-state index in [1.807, 2.05) is 37.3 Å². The highest BCUT2D eigenvalue weighted by molar-refractivity contribution is 6.58. The van der Waals surface area contributed by atoms with Crippen LogP contribution in [-0.4, -0.2) is 27.1 Å². The third kappa shape index (κ3) is 2.14. The number of imidazole rings is 1. The molecule has 5 heteroatoms. The number of para-hydroxylation sites is 2. The fourth-order valence-electron chi connectivity index (χ4n) is 2.14. The van der Waals surface area contributed by atoms with Crippen molar-refractivity contribution in [1.82, 2.24) is 9.97 Å². The van der Waals surface area contributed by atoms with Gasteiger partial charge in [0.2, 0.25) is 0 Å².